The first-order valence-electron chi connectivity index (χ1n) is 6.57. The SMILES string of the molecule is NC1(c2ccc(C(C(F)(F)F)C(F)(F)F)cc2)CCCC1. The first-order chi connectivity index (χ1) is 9.54. The molecule has 0 amide bonds. The molecule has 21 heavy (non-hydrogen) atoms. The van der Waals surface area contributed by atoms with Gasteiger partial charge in [0.25, 0.3) is 0 Å². The van der Waals surface area contributed by atoms with Crippen molar-refractivity contribution in [2.24, 2.45) is 5.73 Å². The average Bonchev–Trinajstić information content (AvgIpc) is 2.74. The molecule has 0 atom stereocenters. The van der Waals surface area contributed by atoms with Crippen molar-refractivity contribution in [1.82, 2.24) is 0 Å². The van der Waals surface area contributed by atoms with Gasteiger partial charge < -0.3 is 5.73 Å². The Balaban J connectivity index is 2.33. The second-order valence-corrected chi connectivity index (χ2v) is 5.50. The number of benzene rings is 1. The van der Waals surface area contributed by atoms with E-state index in [4.69, 9.17) is 5.73 Å². The minimum atomic E-state index is -5.37. The molecule has 0 bridgehead atoms. The Hall–Kier alpha value is -1.24. The van der Waals surface area contributed by atoms with E-state index in [1.807, 2.05) is 0 Å². The van der Waals surface area contributed by atoms with E-state index in [0.717, 1.165) is 25.0 Å². The Morgan fingerprint density at radius 3 is 1.67 bits per heavy atom. The highest BCUT2D eigenvalue weighted by Gasteiger charge is 2.57. The highest BCUT2D eigenvalue weighted by molar-refractivity contribution is 5.32. The molecule has 0 heterocycles. The number of nitrogens with two attached hydrogens (primary N) is 1. The fourth-order valence-corrected chi connectivity index (χ4v) is 2.87. The monoisotopic (exact) mass is 311 g/mol. The highest BCUT2D eigenvalue weighted by Crippen LogP contribution is 2.46. The third kappa shape index (κ3) is 3.33. The molecule has 2 rings (SSSR count). The first-order valence-corrected chi connectivity index (χ1v) is 6.57. The third-order valence-corrected chi connectivity index (χ3v) is 3.97. The standard InChI is InChI=1S/C14H15F6N/c15-13(16,17)11(14(18,19)20)9-3-5-10(6-4-9)12(21)7-1-2-8-12/h3-6,11H,1-2,7-8,21H2. The lowest BCUT2D eigenvalue weighted by Crippen LogP contribution is -2.35. The molecule has 0 aromatic heterocycles. The molecule has 0 spiro atoms. The summed E-state index contributed by atoms with van der Waals surface area (Å²) >= 11 is 0. The van der Waals surface area contributed by atoms with Gasteiger partial charge in [-0.15, -0.1) is 0 Å². The quantitative estimate of drug-likeness (QED) is 0.792. The fraction of sp³-hybridized carbons (Fsp3) is 0.571. The zero-order chi connectivity index (χ0) is 15.9. The van der Waals surface area contributed by atoms with Crippen LogP contribution in [0.5, 0.6) is 0 Å². The number of hydrogen-bond donors (Lipinski definition) is 1. The van der Waals surface area contributed by atoms with Gasteiger partial charge in [0.15, 0.2) is 5.92 Å². The summed E-state index contributed by atoms with van der Waals surface area (Å²) < 4.78 is 75.8. The number of halogens is 6. The van der Waals surface area contributed by atoms with Crippen LogP contribution in [0.1, 0.15) is 42.7 Å². The van der Waals surface area contributed by atoms with E-state index in [-0.39, 0.29) is 0 Å². The van der Waals surface area contributed by atoms with Crippen LogP contribution in [0, 0.1) is 0 Å². The molecular formula is C14H15F6N. The summed E-state index contributed by atoms with van der Waals surface area (Å²) in [7, 11) is 0. The van der Waals surface area contributed by atoms with Crippen molar-refractivity contribution in [2.75, 3.05) is 0 Å². The Morgan fingerprint density at radius 2 is 1.29 bits per heavy atom. The largest absolute Gasteiger partial charge is 0.404 e. The predicted octanol–water partition coefficient (Wildman–Crippen LogP) is 4.62. The van der Waals surface area contributed by atoms with Crippen molar-refractivity contribution in [3.8, 4) is 0 Å². The molecule has 1 aliphatic carbocycles. The fourth-order valence-electron chi connectivity index (χ4n) is 2.87. The van der Waals surface area contributed by atoms with Crippen LogP contribution in [0.3, 0.4) is 0 Å². The van der Waals surface area contributed by atoms with E-state index >= 15 is 0 Å². The van der Waals surface area contributed by atoms with Crippen LogP contribution < -0.4 is 5.73 Å². The minimum Gasteiger partial charge on any atom is -0.321 e. The van der Waals surface area contributed by atoms with Crippen LogP contribution in [-0.2, 0) is 5.54 Å². The molecule has 7 heteroatoms. The lowest BCUT2D eigenvalue weighted by Gasteiger charge is -2.26. The summed E-state index contributed by atoms with van der Waals surface area (Å²) in [6.07, 6.45) is -7.54. The number of rotatable bonds is 2. The predicted molar refractivity (Wildman–Crippen MR) is 65.6 cm³/mol. The molecule has 1 aliphatic rings. The normalized spacial score (nSPS) is 19.2. The Kier molecular flexibility index (Phi) is 3.99. The molecule has 0 radical (unpaired) electrons. The van der Waals surface area contributed by atoms with Crippen LogP contribution in [0.2, 0.25) is 0 Å². The Bertz CT molecular complexity index is 468. The average molecular weight is 311 g/mol. The molecule has 1 nitrogen and oxygen atoms in total. The minimum absolute atomic E-state index is 0.590. The second-order valence-electron chi connectivity index (χ2n) is 5.50. The molecule has 0 saturated heterocycles. The van der Waals surface area contributed by atoms with E-state index in [1.165, 1.54) is 12.1 Å². The van der Waals surface area contributed by atoms with Gasteiger partial charge in [0.05, 0.1) is 0 Å². The molecule has 1 fully saturated rings. The van der Waals surface area contributed by atoms with Gasteiger partial charge in [-0.05, 0) is 24.0 Å². The molecule has 1 aromatic rings. The smallest absolute Gasteiger partial charge is 0.321 e. The molecule has 1 saturated carbocycles. The van der Waals surface area contributed by atoms with E-state index in [1.54, 1.807) is 0 Å². The summed E-state index contributed by atoms with van der Waals surface area (Å²) in [6, 6.07) is 4.33. The zero-order valence-corrected chi connectivity index (χ0v) is 11.1. The molecule has 118 valence electrons. The van der Waals surface area contributed by atoms with Gasteiger partial charge in [0, 0.05) is 5.54 Å². The Morgan fingerprint density at radius 1 is 0.857 bits per heavy atom. The molecule has 0 aliphatic heterocycles. The van der Waals surface area contributed by atoms with Gasteiger partial charge in [0.1, 0.15) is 0 Å². The summed E-state index contributed by atoms with van der Waals surface area (Å²) in [5.74, 6) is -3.46. The van der Waals surface area contributed by atoms with Gasteiger partial charge in [-0.25, -0.2) is 0 Å². The lowest BCUT2D eigenvalue weighted by molar-refractivity contribution is -0.253. The van der Waals surface area contributed by atoms with Gasteiger partial charge in [-0.1, -0.05) is 37.1 Å². The van der Waals surface area contributed by atoms with Crippen molar-refractivity contribution in [2.45, 2.75) is 49.5 Å². The van der Waals surface area contributed by atoms with Crippen LogP contribution in [0.4, 0.5) is 26.3 Å². The van der Waals surface area contributed by atoms with Gasteiger partial charge in [0.2, 0.25) is 0 Å². The lowest BCUT2D eigenvalue weighted by atomic mass is 9.87. The molecule has 0 unspecified atom stereocenters. The van der Waals surface area contributed by atoms with Crippen LogP contribution in [0.25, 0.3) is 0 Å². The maximum absolute atomic E-state index is 12.6. The summed E-state index contributed by atoms with van der Waals surface area (Å²) in [5.41, 5.74) is 5.28. The molecule has 2 N–H and O–H groups in total. The first kappa shape index (κ1) is 16.1. The third-order valence-electron chi connectivity index (χ3n) is 3.97. The van der Waals surface area contributed by atoms with Gasteiger partial charge in [-0.2, -0.15) is 26.3 Å². The summed E-state index contributed by atoms with van der Waals surface area (Å²) in [6.45, 7) is 0. The van der Waals surface area contributed by atoms with Crippen molar-refractivity contribution in [3.05, 3.63) is 35.4 Å². The number of alkyl halides is 6. The Labute approximate surface area is 118 Å². The van der Waals surface area contributed by atoms with Crippen LogP contribution in [0.15, 0.2) is 24.3 Å². The highest BCUT2D eigenvalue weighted by atomic mass is 19.4. The van der Waals surface area contributed by atoms with E-state index < -0.39 is 29.4 Å². The van der Waals surface area contributed by atoms with Crippen molar-refractivity contribution >= 4 is 0 Å². The summed E-state index contributed by atoms with van der Waals surface area (Å²) in [4.78, 5) is 0. The van der Waals surface area contributed by atoms with Gasteiger partial charge in [-0.3, -0.25) is 0 Å². The van der Waals surface area contributed by atoms with E-state index in [2.05, 4.69) is 0 Å². The second kappa shape index (κ2) is 5.19. The summed E-state index contributed by atoms with van der Waals surface area (Å²) in [5, 5.41) is 0. The van der Waals surface area contributed by atoms with E-state index in [0.29, 0.717) is 18.4 Å². The van der Waals surface area contributed by atoms with E-state index in [9.17, 15) is 26.3 Å². The molecular weight excluding hydrogens is 296 g/mol. The van der Waals surface area contributed by atoms with Crippen LogP contribution in [-0.4, -0.2) is 12.4 Å². The maximum atomic E-state index is 12.6. The maximum Gasteiger partial charge on any atom is 0.404 e. The van der Waals surface area contributed by atoms with Crippen molar-refractivity contribution in [3.63, 3.8) is 0 Å². The zero-order valence-electron chi connectivity index (χ0n) is 11.1. The molecule has 1 aromatic carbocycles. The van der Waals surface area contributed by atoms with Gasteiger partial charge >= 0.3 is 12.4 Å². The van der Waals surface area contributed by atoms with Crippen molar-refractivity contribution in [1.29, 1.82) is 0 Å². The number of hydrogen-bond acceptors (Lipinski definition) is 1. The van der Waals surface area contributed by atoms with Crippen LogP contribution >= 0.6 is 0 Å². The topological polar surface area (TPSA) is 26.0 Å². The van der Waals surface area contributed by atoms with Crippen molar-refractivity contribution < 1.29 is 26.3 Å².